The zero-order valence-electron chi connectivity index (χ0n) is 12.1. The predicted molar refractivity (Wildman–Crippen MR) is 90.9 cm³/mol. The van der Waals surface area contributed by atoms with Gasteiger partial charge in [0.2, 0.25) is 0 Å². The third kappa shape index (κ3) is 3.25. The molecule has 1 saturated heterocycles. The van der Waals surface area contributed by atoms with Crippen LogP contribution in [-0.4, -0.2) is 37.1 Å². The van der Waals surface area contributed by atoms with Gasteiger partial charge in [0.1, 0.15) is 5.75 Å². The number of ether oxygens (including phenoxy) is 1. The lowest BCUT2D eigenvalue weighted by atomic mass is 10.1. The molecule has 2 aromatic rings. The lowest BCUT2D eigenvalue weighted by molar-refractivity contribution is 0.0939. The van der Waals surface area contributed by atoms with Crippen LogP contribution < -0.4 is 15.0 Å². The number of benzene rings is 1. The monoisotopic (exact) mass is 381 g/mol. The second kappa shape index (κ2) is 6.66. The van der Waals surface area contributed by atoms with Gasteiger partial charge in [0, 0.05) is 35.2 Å². The molecule has 0 spiro atoms. The average molecular weight is 382 g/mol. The lowest BCUT2D eigenvalue weighted by Gasteiger charge is -2.16. The fourth-order valence-corrected chi connectivity index (χ4v) is 3.60. The van der Waals surface area contributed by atoms with Gasteiger partial charge in [0.25, 0.3) is 5.91 Å². The summed E-state index contributed by atoms with van der Waals surface area (Å²) in [6.07, 6.45) is 2.73. The SMILES string of the molecule is COc1ccc(Br)c(C(=O)NC2CCN(c3nccs3)C2)c1. The summed E-state index contributed by atoms with van der Waals surface area (Å²) in [6.45, 7) is 1.71. The highest BCUT2D eigenvalue weighted by Crippen LogP contribution is 2.24. The molecule has 7 heteroatoms. The Morgan fingerprint density at radius 2 is 2.41 bits per heavy atom. The highest BCUT2D eigenvalue weighted by molar-refractivity contribution is 9.10. The van der Waals surface area contributed by atoms with Crippen LogP contribution in [-0.2, 0) is 0 Å². The van der Waals surface area contributed by atoms with E-state index in [1.807, 2.05) is 17.5 Å². The molecule has 3 rings (SSSR count). The van der Waals surface area contributed by atoms with Gasteiger partial charge in [-0.25, -0.2) is 4.98 Å². The van der Waals surface area contributed by atoms with Gasteiger partial charge in [-0.2, -0.15) is 0 Å². The summed E-state index contributed by atoms with van der Waals surface area (Å²) in [5.41, 5.74) is 0.590. The lowest BCUT2D eigenvalue weighted by Crippen LogP contribution is -2.37. The molecule has 1 fully saturated rings. The predicted octanol–water partition coefficient (Wildman–Crippen LogP) is 2.92. The summed E-state index contributed by atoms with van der Waals surface area (Å²) in [6, 6.07) is 5.52. The average Bonchev–Trinajstić information content (AvgIpc) is 3.18. The molecule has 22 heavy (non-hydrogen) atoms. The fourth-order valence-electron chi connectivity index (χ4n) is 2.49. The maximum absolute atomic E-state index is 12.5. The largest absolute Gasteiger partial charge is 0.497 e. The van der Waals surface area contributed by atoms with Crippen LogP contribution in [0.2, 0.25) is 0 Å². The minimum absolute atomic E-state index is 0.0863. The molecule has 1 N–H and O–H groups in total. The first kappa shape index (κ1) is 15.3. The Morgan fingerprint density at radius 3 is 3.14 bits per heavy atom. The minimum atomic E-state index is -0.0863. The van der Waals surface area contributed by atoms with Gasteiger partial charge in [0.05, 0.1) is 12.7 Å². The van der Waals surface area contributed by atoms with E-state index in [9.17, 15) is 4.79 Å². The Bertz CT molecular complexity index is 663. The maximum Gasteiger partial charge on any atom is 0.252 e. The van der Waals surface area contributed by atoms with Crippen molar-refractivity contribution in [1.29, 1.82) is 0 Å². The number of thiazole rings is 1. The van der Waals surface area contributed by atoms with E-state index in [-0.39, 0.29) is 11.9 Å². The van der Waals surface area contributed by atoms with Crippen LogP contribution in [0.15, 0.2) is 34.2 Å². The molecule has 5 nitrogen and oxygen atoms in total. The van der Waals surface area contributed by atoms with Crippen molar-refractivity contribution < 1.29 is 9.53 Å². The van der Waals surface area contributed by atoms with Gasteiger partial charge in [-0.05, 0) is 40.5 Å². The van der Waals surface area contributed by atoms with Crippen molar-refractivity contribution in [2.75, 3.05) is 25.1 Å². The van der Waals surface area contributed by atoms with Crippen molar-refractivity contribution >= 4 is 38.3 Å². The molecule has 1 aromatic heterocycles. The molecule has 0 bridgehead atoms. The van der Waals surface area contributed by atoms with Crippen molar-refractivity contribution in [1.82, 2.24) is 10.3 Å². The third-order valence-corrected chi connectivity index (χ3v) is 5.16. The highest BCUT2D eigenvalue weighted by Gasteiger charge is 2.26. The van der Waals surface area contributed by atoms with Gasteiger partial charge in [0.15, 0.2) is 5.13 Å². The molecule has 1 unspecified atom stereocenters. The molecule has 0 saturated carbocycles. The van der Waals surface area contributed by atoms with Gasteiger partial charge in [-0.15, -0.1) is 11.3 Å². The number of carbonyl (C=O) groups excluding carboxylic acids is 1. The number of aromatic nitrogens is 1. The molecular formula is C15H16BrN3O2S. The highest BCUT2D eigenvalue weighted by atomic mass is 79.9. The molecule has 1 atom stereocenters. The quantitative estimate of drug-likeness (QED) is 0.884. The number of nitrogens with one attached hydrogen (secondary N) is 1. The number of rotatable bonds is 4. The van der Waals surface area contributed by atoms with Crippen molar-refractivity contribution in [2.45, 2.75) is 12.5 Å². The molecule has 2 heterocycles. The summed E-state index contributed by atoms with van der Waals surface area (Å²) in [4.78, 5) is 19.0. The first-order chi connectivity index (χ1) is 10.7. The second-order valence-electron chi connectivity index (χ2n) is 5.07. The first-order valence-electron chi connectivity index (χ1n) is 6.96. The number of halogens is 1. The molecule has 0 radical (unpaired) electrons. The summed E-state index contributed by atoms with van der Waals surface area (Å²) < 4.78 is 5.94. The second-order valence-corrected chi connectivity index (χ2v) is 6.79. The van der Waals surface area contributed by atoms with Crippen molar-refractivity contribution in [2.24, 2.45) is 0 Å². The van der Waals surface area contributed by atoms with Crippen LogP contribution in [0.1, 0.15) is 16.8 Å². The Balaban J connectivity index is 1.65. The number of nitrogens with zero attached hydrogens (tertiary/aromatic N) is 2. The fraction of sp³-hybridized carbons (Fsp3) is 0.333. The minimum Gasteiger partial charge on any atom is -0.497 e. The summed E-state index contributed by atoms with van der Waals surface area (Å²) in [5.74, 6) is 0.584. The number of amides is 1. The molecule has 1 aliphatic heterocycles. The number of methoxy groups -OCH3 is 1. The normalized spacial score (nSPS) is 17.5. The van der Waals surface area contributed by atoms with Crippen LogP contribution in [0.4, 0.5) is 5.13 Å². The van der Waals surface area contributed by atoms with Gasteiger partial charge < -0.3 is 15.0 Å². The smallest absolute Gasteiger partial charge is 0.252 e. The molecule has 1 amide bonds. The summed E-state index contributed by atoms with van der Waals surface area (Å²) in [7, 11) is 1.59. The van der Waals surface area contributed by atoms with Crippen LogP contribution in [0.5, 0.6) is 5.75 Å². The van der Waals surface area contributed by atoms with Crippen LogP contribution in [0, 0.1) is 0 Å². The summed E-state index contributed by atoms with van der Waals surface area (Å²) >= 11 is 5.04. The molecular weight excluding hydrogens is 366 g/mol. The van der Waals surface area contributed by atoms with Gasteiger partial charge in [-0.3, -0.25) is 4.79 Å². The Labute approximate surface area is 141 Å². The van der Waals surface area contributed by atoms with Crippen molar-refractivity contribution in [3.63, 3.8) is 0 Å². The molecule has 0 aliphatic carbocycles. The van der Waals surface area contributed by atoms with E-state index in [1.54, 1.807) is 30.7 Å². The number of hydrogen-bond acceptors (Lipinski definition) is 5. The van der Waals surface area contributed by atoms with E-state index in [0.29, 0.717) is 11.3 Å². The number of anilines is 1. The van der Waals surface area contributed by atoms with E-state index < -0.39 is 0 Å². The molecule has 1 aliphatic rings. The van der Waals surface area contributed by atoms with Crippen molar-refractivity contribution in [3.8, 4) is 5.75 Å². The van der Waals surface area contributed by atoms with E-state index >= 15 is 0 Å². The third-order valence-electron chi connectivity index (χ3n) is 3.63. The number of carbonyl (C=O) groups is 1. The Kier molecular flexibility index (Phi) is 4.63. The Hall–Kier alpha value is -1.60. The van der Waals surface area contributed by atoms with E-state index in [0.717, 1.165) is 29.1 Å². The first-order valence-corrected chi connectivity index (χ1v) is 8.63. The maximum atomic E-state index is 12.5. The van der Waals surface area contributed by atoms with E-state index in [2.05, 4.69) is 31.1 Å². The van der Waals surface area contributed by atoms with Crippen LogP contribution in [0.3, 0.4) is 0 Å². The number of hydrogen-bond donors (Lipinski definition) is 1. The van der Waals surface area contributed by atoms with Crippen LogP contribution >= 0.6 is 27.3 Å². The Morgan fingerprint density at radius 1 is 1.55 bits per heavy atom. The summed E-state index contributed by atoms with van der Waals surface area (Å²) in [5, 5.41) is 6.07. The molecule has 1 aromatic carbocycles. The van der Waals surface area contributed by atoms with Gasteiger partial charge >= 0.3 is 0 Å². The standard InChI is InChI=1S/C15H16BrN3O2S/c1-21-11-2-3-13(16)12(8-11)14(20)18-10-4-6-19(9-10)15-17-5-7-22-15/h2-3,5,7-8,10H,4,6,9H2,1H3,(H,18,20). The van der Waals surface area contributed by atoms with Gasteiger partial charge in [-0.1, -0.05) is 0 Å². The zero-order chi connectivity index (χ0) is 15.5. The molecule has 116 valence electrons. The van der Waals surface area contributed by atoms with E-state index in [1.165, 1.54) is 0 Å². The topological polar surface area (TPSA) is 54.5 Å². The zero-order valence-corrected chi connectivity index (χ0v) is 14.5. The van der Waals surface area contributed by atoms with Crippen LogP contribution in [0.25, 0.3) is 0 Å². The van der Waals surface area contributed by atoms with E-state index in [4.69, 9.17) is 4.74 Å². The van der Waals surface area contributed by atoms with Crippen molar-refractivity contribution in [3.05, 3.63) is 39.8 Å².